The molecule has 0 aliphatic carbocycles. The Labute approximate surface area is 100 Å². The first kappa shape index (κ1) is 12.0. The van der Waals surface area contributed by atoms with Crippen molar-refractivity contribution in [1.82, 2.24) is 19.7 Å². The van der Waals surface area contributed by atoms with Crippen molar-refractivity contribution in [2.75, 3.05) is 13.1 Å². The van der Waals surface area contributed by atoms with Gasteiger partial charge in [-0.2, -0.15) is 0 Å². The van der Waals surface area contributed by atoms with E-state index in [2.05, 4.69) is 15.1 Å². The van der Waals surface area contributed by atoms with Crippen molar-refractivity contribution < 1.29 is 9.90 Å². The molecule has 2 heterocycles. The zero-order valence-electron chi connectivity index (χ0n) is 10.0. The molecule has 17 heavy (non-hydrogen) atoms. The van der Waals surface area contributed by atoms with Crippen molar-refractivity contribution in [1.29, 1.82) is 0 Å². The van der Waals surface area contributed by atoms with Crippen molar-refractivity contribution in [3.05, 3.63) is 12.2 Å². The van der Waals surface area contributed by atoms with Gasteiger partial charge in [-0.25, -0.2) is 0 Å². The molecule has 1 atom stereocenters. The number of carbonyl (C=O) groups is 1. The molecule has 1 fully saturated rings. The molecule has 6 nitrogen and oxygen atoms in total. The summed E-state index contributed by atoms with van der Waals surface area (Å²) in [7, 11) is 0. The Balaban J connectivity index is 1.97. The van der Waals surface area contributed by atoms with E-state index in [4.69, 9.17) is 5.11 Å². The summed E-state index contributed by atoms with van der Waals surface area (Å²) in [5.74, 6) is -0.00746. The normalized spacial score (nSPS) is 21.6. The summed E-state index contributed by atoms with van der Waals surface area (Å²) in [4.78, 5) is 13.1. The average Bonchev–Trinajstić information content (AvgIpc) is 2.76. The fraction of sp³-hybridized carbons (Fsp3) is 0.727. The number of likely N-dealkylation sites (tertiary alicyclic amines) is 1. The predicted octanol–water partition coefficient (Wildman–Crippen LogP) is 0.595. The molecular formula is C11H18N4O2. The van der Waals surface area contributed by atoms with Gasteiger partial charge < -0.3 is 9.67 Å². The van der Waals surface area contributed by atoms with Gasteiger partial charge in [0.25, 0.3) is 0 Å². The summed E-state index contributed by atoms with van der Waals surface area (Å²) in [6.45, 7) is 5.14. The number of aliphatic carboxylic acids is 1. The van der Waals surface area contributed by atoms with Gasteiger partial charge in [0.1, 0.15) is 12.2 Å². The Hall–Kier alpha value is -1.43. The standard InChI is InChI=1S/C11H18N4O2/c1-2-15-8-12-13-10(15)7-14-5-3-4-9(6-14)11(16)17/h8-9H,2-7H2,1H3,(H,16,17)/t9-/m0/s1. The molecule has 0 radical (unpaired) electrons. The molecule has 0 unspecified atom stereocenters. The lowest BCUT2D eigenvalue weighted by molar-refractivity contribution is -0.143. The number of carboxylic acid groups (broad SMARTS) is 1. The second-order valence-electron chi connectivity index (χ2n) is 4.45. The van der Waals surface area contributed by atoms with Crippen molar-refractivity contribution >= 4 is 5.97 Å². The molecule has 1 aliphatic rings. The van der Waals surface area contributed by atoms with Crippen molar-refractivity contribution in [2.24, 2.45) is 5.92 Å². The molecule has 0 saturated carbocycles. The second kappa shape index (κ2) is 5.27. The summed E-state index contributed by atoms with van der Waals surface area (Å²) < 4.78 is 1.99. The zero-order valence-corrected chi connectivity index (χ0v) is 10.0. The second-order valence-corrected chi connectivity index (χ2v) is 4.45. The number of aryl methyl sites for hydroxylation is 1. The Bertz CT molecular complexity index is 391. The van der Waals surface area contributed by atoms with E-state index in [0.717, 1.165) is 31.8 Å². The number of aromatic nitrogens is 3. The highest BCUT2D eigenvalue weighted by Crippen LogP contribution is 2.18. The largest absolute Gasteiger partial charge is 0.481 e. The van der Waals surface area contributed by atoms with E-state index < -0.39 is 5.97 Å². The fourth-order valence-electron chi connectivity index (χ4n) is 2.27. The van der Waals surface area contributed by atoms with Crippen LogP contribution < -0.4 is 0 Å². The van der Waals surface area contributed by atoms with E-state index >= 15 is 0 Å². The molecule has 1 aliphatic heterocycles. The lowest BCUT2D eigenvalue weighted by atomic mass is 9.98. The topological polar surface area (TPSA) is 71.2 Å². The molecule has 1 aromatic rings. The van der Waals surface area contributed by atoms with Crippen LogP contribution in [0.5, 0.6) is 0 Å². The maximum Gasteiger partial charge on any atom is 0.307 e. The molecule has 0 spiro atoms. The van der Waals surface area contributed by atoms with Gasteiger partial charge in [-0.05, 0) is 26.3 Å². The van der Waals surface area contributed by atoms with E-state index in [0.29, 0.717) is 13.1 Å². The van der Waals surface area contributed by atoms with Crippen LogP contribution in [0.15, 0.2) is 6.33 Å². The van der Waals surface area contributed by atoms with Gasteiger partial charge in [0.2, 0.25) is 0 Å². The van der Waals surface area contributed by atoms with Crippen molar-refractivity contribution in [2.45, 2.75) is 32.9 Å². The van der Waals surface area contributed by atoms with Crippen LogP contribution in [0.3, 0.4) is 0 Å². The Morgan fingerprint density at radius 2 is 2.47 bits per heavy atom. The highest BCUT2D eigenvalue weighted by atomic mass is 16.4. The molecule has 1 saturated heterocycles. The number of hydrogen-bond donors (Lipinski definition) is 1. The van der Waals surface area contributed by atoms with Gasteiger partial charge in [0, 0.05) is 13.1 Å². The summed E-state index contributed by atoms with van der Waals surface area (Å²) in [5, 5.41) is 17.0. The SMILES string of the molecule is CCn1cnnc1CN1CCC[C@H](C(=O)O)C1. The van der Waals surface area contributed by atoms with Crippen LogP contribution in [0.1, 0.15) is 25.6 Å². The highest BCUT2D eigenvalue weighted by molar-refractivity contribution is 5.70. The first-order chi connectivity index (χ1) is 8.20. The minimum absolute atomic E-state index is 0.234. The summed E-state index contributed by atoms with van der Waals surface area (Å²) >= 11 is 0. The first-order valence-electron chi connectivity index (χ1n) is 6.02. The number of hydrogen-bond acceptors (Lipinski definition) is 4. The molecule has 0 amide bonds. The third kappa shape index (κ3) is 2.82. The zero-order chi connectivity index (χ0) is 12.3. The van der Waals surface area contributed by atoms with E-state index in [1.54, 1.807) is 6.33 Å². The minimum atomic E-state index is -0.688. The monoisotopic (exact) mass is 238 g/mol. The first-order valence-corrected chi connectivity index (χ1v) is 6.02. The molecular weight excluding hydrogens is 220 g/mol. The van der Waals surface area contributed by atoms with Crippen molar-refractivity contribution in [3.63, 3.8) is 0 Å². The molecule has 0 aromatic carbocycles. The van der Waals surface area contributed by atoms with Crippen LogP contribution in [0.4, 0.5) is 0 Å². The third-order valence-electron chi connectivity index (χ3n) is 3.26. The molecule has 1 N–H and O–H groups in total. The number of carboxylic acids is 1. The number of rotatable bonds is 4. The predicted molar refractivity (Wildman–Crippen MR) is 61.3 cm³/mol. The van der Waals surface area contributed by atoms with Gasteiger partial charge in [-0.15, -0.1) is 10.2 Å². The van der Waals surface area contributed by atoms with Crippen LogP contribution >= 0.6 is 0 Å². The average molecular weight is 238 g/mol. The third-order valence-corrected chi connectivity index (χ3v) is 3.26. The van der Waals surface area contributed by atoms with Crippen LogP contribution in [0.2, 0.25) is 0 Å². The minimum Gasteiger partial charge on any atom is -0.481 e. The summed E-state index contributed by atoms with van der Waals surface area (Å²) in [6, 6.07) is 0. The van der Waals surface area contributed by atoms with Crippen LogP contribution in [-0.4, -0.2) is 43.8 Å². The molecule has 1 aromatic heterocycles. The van der Waals surface area contributed by atoms with Gasteiger partial charge in [-0.3, -0.25) is 9.69 Å². The van der Waals surface area contributed by atoms with Crippen LogP contribution in [0, 0.1) is 5.92 Å². The van der Waals surface area contributed by atoms with Crippen molar-refractivity contribution in [3.8, 4) is 0 Å². The summed E-state index contributed by atoms with van der Waals surface area (Å²) in [6.07, 6.45) is 3.44. The van der Waals surface area contributed by atoms with E-state index in [9.17, 15) is 4.79 Å². The Morgan fingerprint density at radius 3 is 3.18 bits per heavy atom. The van der Waals surface area contributed by atoms with Crippen LogP contribution in [0.25, 0.3) is 0 Å². The Morgan fingerprint density at radius 1 is 1.65 bits per heavy atom. The molecule has 94 valence electrons. The van der Waals surface area contributed by atoms with Gasteiger partial charge in [0.05, 0.1) is 12.5 Å². The van der Waals surface area contributed by atoms with E-state index in [-0.39, 0.29) is 5.92 Å². The maximum absolute atomic E-state index is 11.0. The Kier molecular flexibility index (Phi) is 3.73. The summed E-state index contributed by atoms with van der Waals surface area (Å²) in [5.41, 5.74) is 0. The van der Waals surface area contributed by atoms with Gasteiger partial charge in [0.15, 0.2) is 0 Å². The smallest absolute Gasteiger partial charge is 0.307 e. The number of piperidine rings is 1. The van der Waals surface area contributed by atoms with E-state index in [1.807, 2.05) is 11.5 Å². The lowest BCUT2D eigenvalue weighted by Gasteiger charge is -2.30. The van der Waals surface area contributed by atoms with E-state index in [1.165, 1.54) is 0 Å². The molecule has 2 rings (SSSR count). The number of nitrogens with zero attached hydrogens (tertiary/aromatic N) is 4. The highest BCUT2D eigenvalue weighted by Gasteiger charge is 2.25. The van der Waals surface area contributed by atoms with Gasteiger partial charge >= 0.3 is 5.97 Å². The maximum atomic E-state index is 11.0. The lowest BCUT2D eigenvalue weighted by Crippen LogP contribution is -2.38. The fourth-order valence-corrected chi connectivity index (χ4v) is 2.27. The molecule has 0 bridgehead atoms. The van der Waals surface area contributed by atoms with Gasteiger partial charge in [-0.1, -0.05) is 0 Å². The molecule has 6 heteroatoms. The quantitative estimate of drug-likeness (QED) is 0.831. The van der Waals surface area contributed by atoms with Crippen LogP contribution in [-0.2, 0) is 17.9 Å².